The Hall–Kier alpha value is -4.92. The van der Waals surface area contributed by atoms with Gasteiger partial charge in [-0.25, -0.2) is 9.79 Å². The summed E-state index contributed by atoms with van der Waals surface area (Å²) in [6.07, 6.45) is 1.63. The number of H-pyrrole nitrogens is 1. The molecule has 5 rings (SSSR count). The highest BCUT2D eigenvalue weighted by molar-refractivity contribution is 6.22. The topological polar surface area (TPSA) is 126 Å². The average molecular weight is 482 g/mol. The second-order valence-corrected chi connectivity index (χ2v) is 8.12. The molecular weight excluding hydrogens is 458 g/mol. The first-order valence-electron chi connectivity index (χ1n) is 11.3. The highest BCUT2D eigenvalue weighted by Gasteiger charge is 2.21. The molecule has 0 saturated heterocycles. The number of benzene rings is 3. The third-order valence-corrected chi connectivity index (χ3v) is 5.77. The highest BCUT2D eigenvalue weighted by atomic mass is 16.5. The van der Waals surface area contributed by atoms with E-state index in [2.05, 4.69) is 15.2 Å². The molecule has 36 heavy (non-hydrogen) atoms. The van der Waals surface area contributed by atoms with E-state index < -0.39 is 5.97 Å². The zero-order valence-corrected chi connectivity index (χ0v) is 19.6. The summed E-state index contributed by atoms with van der Waals surface area (Å²) in [6, 6.07) is 19.7. The molecule has 0 saturated carbocycles. The van der Waals surface area contributed by atoms with E-state index in [-0.39, 0.29) is 11.4 Å². The molecule has 0 fully saturated rings. The number of nitrogens with zero attached hydrogens (tertiary/aromatic N) is 4. The molecular formula is C27H23N5O4. The zero-order valence-electron chi connectivity index (χ0n) is 19.6. The third kappa shape index (κ3) is 4.18. The minimum atomic E-state index is -1.05. The van der Waals surface area contributed by atoms with Crippen LogP contribution in [-0.4, -0.2) is 48.2 Å². The summed E-state index contributed by atoms with van der Waals surface area (Å²) < 4.78 is 7.75. The van der Waals surface area contributed by atoms with Crippen molar-refractivity contribution in [3.05, 3.63) is 89.7 Å². The number of fused-ring (bicyclic) bond motifs is 1. The molecule has 0 radical (unpaired) electrons. The molecule has 180 valence electrons. The van der Waals surface area contributed by atoms with Gasteiger partial charge in [-0.05, 0) is 37.3 Å². The van der Waals surface area contributed by atoms with E-state index in [0.29, 0.717) is 46.0 Å². The molecule has 0 aliphatic heterocycles. The summed E-state index contributed by atoms with van der Waals surface area (Å²) >= 11 is 0. The van der Waals surface area contributed by atoms with E-state index in [1.807, 2.05) is 67.1 Å². The third-order valence-electron chi connectivity index (χ3n) is 5.77. The minimum Gasteiger partial charge on any atom is -0.494 e. The highest BCUT2D eigenvalue weighted by Crippen LogP contribution is 2.36. The van der Waals surface area contributed by atoms with Crippen LogP contribution in [0.15, 0.2) is 78.0 Å². The van der Waals surface area contributed by atoms with Gasteiger partial charge in [0, 0.05) is 29.1 Å². The molecule has 0 aliphatic rings. The maximum Gasteiger partial charge on any atom is 0.335 e. The Morgan fingerprint density at radius 3 is 2.58 bits per heavy atom. The van der Waals surface area contributed by atoms with Gasteiger partial charge in [0.25, 0.3) is 0 Å². The fourth-order valence-corrected chi connectivity index (χ4v) is 4.10. The standard InChI is InChI=1S/C27H23N5O4/c1-3-36-22-14-17(25-31-28-15-32(25)2)10-12-20(22)29-24(16-7-5-4-6-8-16)23-19-11-9-18(27(34)35)13-21(19)30-26(23)33/h4-15,30,33H,3H2,1-2H3,(H,34,35). The van der Waals surface area contributed by atoms with Crippen molar-refractivity contribution in [2.45, 2.75) is 6.92 Å². The molecule has 5 aromatic rings. The lowest BCUT2D eigenvalue weighted by atomic mass is 10.00. The Balaban J connectivity index is 1.72. The zero-order chi connectivity index (χ0) is 25.2. The van der Waals surface area contributed by atoms with E-state index in [9.17, 15) is 15.0 Å². The van der Waals surface area contributed by atoms with Crippen LogP contribution in [0.1, 0.15) is 28.4 Å². The van der Waals surface area contributed by atoms with Gasteiger partial charge in [0.1, 0.15) is 17.8 Å². The van der Waals surface area contributed by atoms with E-state index in [0.717, 1.165) is 11.1 Å². The molecule has 2 heterocycles. The summed E-state index contributed by atoms with van der Waals surface area (Å²) in [4.78, 5) is 19.3. The van der Waals surface area contributed by atoms with Crippen LogP contribution in [0.5, 0.6) is 11.6 Å². The fraction of sp³-hybridized carbons (Fsp3) is 0.111. The van der Waals surface area contributed by atoms with Crippen molar-refractivity contribution < 1.29 is 19.7 Å². The van der Waals surface area contributed by atoms with E-state index >= 15 is 0 Å². The molecule has 0 aliphatic carbocycles. The van der Waals surface area contributed by atoms with Gasteiger partial charge in [-0.2, -0.15) is 0 Å². The van der Waals surface area contributed by atoms with Crippen LogP contribution in [0.2, 0.25) is 0 Å². The van der Waals surface area contributed by atoms with Crippen LogP contribution in [0.4, 0.5) is 5.69 Å². The number of aliphatic imine (C=N–C) groups is 1. The molecule has 0 bridgehead atoms. The lowest BCUT2D eigenvalue weighted by Gasteiger charge is -2.12. The molecule has 9 heteroatoms. The Kier molecular flexibility index (Phi) is 5.95. The monoisotopic (exact) mass is 481 g/mol. The summed E-state index contributed by atoms with van der Waals surface area (Å²) in [6.45, 7) is 2.33. The van der Waals surface area contributed by atoms with Crippen molar-refractivity contribution in [1.29, 1.82) is 0 Å². The van der Waals surface area contributed by atoms with Crippen LogP contribution in [0, 0.1) is 0 Å². The molecule has 3 N–H and O–H groups in total. The SMILES string of the molecule is CCOc1cc(-c2nncn2C)ccc1N=C(c1ccccc1)c1c(O)[nH]c2cc(C(=O)O)ccc12. The lowest BCUT2D eigenvalue weighted by molar-refractivity contribution is 0.0697. The number of carboxylic acid groups (broad SMARTS) is 1. The quantitative estimate of drug-likeness (QED) is 0.283. The maximum absolute atomic E-state index is 11.4. The van der Waals surface area contributed by atoms with Gasteiger partial charge in [-0.15, -0.1) is 10.2 Å². The van der Waals surface area contributed by atoms with Crippen molar-refractivity contribution in [2.24, 2.45) is 12.0 Å². The minimum absolute atomic E-state index is 0.108. The number of carbonyl (C=O) groups is 1. The van der Waals surface area contributed by atoms with Gasteiger partial charge >= 0.3 is 5.97 Å². The lowest BCUT2D eigenvalue weighted by Crippen LogP contribution is -2.04. The number of aromatic nitrogens is 4. The first-order valence-corrected chi connectivity index (χ1v) is 11.3. The molecule has 0 amide bonds. The second-order valence-electron chi connectivity index (χ2n) is 8.12. The summed E-state index contributed by atoms with van der Waals surface area (Å²) in [5.74, 6) is 0.0925. The predicted octanol–water partition coefficient (Wildman–Crippen LogP) is 4.94. The summed E-state index contributed by atoms with van der Waals surface area (Å²) in [5, 5.41) is 29.1. The van der Waals surface area contributed by atoms with Crippen LogP contribution < -0.4 is 4.74 Å². The van der Waals surface area contributed by atoms with Crippen LogP contribution in [0.25, 0.3) is 22.3 Å². The van der Waals surface area contributed by atoms with Crippen molar-refractivity contribution in [2.75, 3.05) is 6.61 Å². The van der Waals surface area contributed by atoms with E-state index in [4.69, 9.17) is 9.73 Å². The second kappa shape index (κ2) is 9.38. The van der Waals surface area contributed by atoms with Crippen molar-refractivity contribution in [1.82, 2.24) is 19.7 Å². The van der Waals surface area contributed by atoms with Gasteiger partial charge < -0.3 is 24.5 Å². The Morgan fingerprint density at radius 1 is 1.08 bits per heavy atom. The normalized spacial score (nSPS) is 11.7. The van der Waals surface area contributed by atoms with Crippen molar-refractivity contribution in [3.63, 3.8) is 0 Å². The van der Waals surface area contributed by atoms with Gasteiger partial charge in [0.05, 0.1) is 23.4 Å². The maximum atomic E-state index is 11.4. The number of aromatic hydroxyl groups is 1. The molecule has 3 aromatic carbocycles. The molecule has 0 spiro atoms. The smallest absolute Gasteiger partial charge is 0.335 e. The number of aryl methyl sites for hydroxylation is 1. The number of rotatable bonds is 7. The van der Waals surface area contributed by atoms with Crippen molar-refractivity contribution >= 4 is 28.3 Å². The van der Waals surface area contributed by atoms with E-state index in [1.54, 1.807) is 12.4 Å². The first kappa shape index (κ1) is 22.9. The predicted molar refractivity (Wildman–Crippen MR) is 136 cm³/mol. The average Bonchev–Trinajstić information content (AvgIpc) is 3.45. The number of hydrogen-bond donors (Lipinski definition) is 3. The molecule has 2 aromatic heterocycles. The summed E-state index contributed by atoms with van der Waals surface area (Å²) in [7, 11) is 1.87. The van der Waals surface area contributed by atoms with Gasteiger partial charge in [-0.3, -0.25) is 0 Å². The van der Waals surface area contributed by atoms with Crippen molar-refractivity contribution in [3.8, 4) is 23.0 Å². The van der Waals surface area contributed by atoms with Crippen LogP contribution >= 0.6 is 0 Å². The van der Waals surface area contributed by atoms with E-state index in [1.165, 1.54) is 12.1 Å². The number of nitrogens with one attached hydrogen (secondary N) is 1. The first-order chi connectivity index (χ1) is 17.5. The number of aromatic carboxylic acids is 1. The summed E-state index contributed by atoms with van der Waals surface area (Å²) in [5.41, 5.74) is 3.76. The number of ether oxygens (including phenoxy) is 1. The largest absolute Gasteiger partial charge is 0.494 e. The van der Waals surface area contributed by atoms with Gasteiger partial charge in [0.15, 0.2) is 11.7 Å². The van der Waals surface area contributed by atoms with Gasteiger partial charge in [-0.1, -0.05) is 36.4 Å². The Bertz CT molecular complexity index is 1600. The number of aromatic amines is 1. The van der Waals surface area contributed by atoms with Crippen LogP contribution in [-0.2, 0) is 7.05 Å². The Labute approximate surface area is 206 Å². The molecule has 0 atom stereocenters. The molecule has 0 unspecified atom stereocenters. The number of carboxylic acids is 1. The Morgan fingerprint density at radius 2 is 1.89 bits per heavy atom. The van der Waals surface area contributed by atoms with Gasteiger partial charge in [0.2, 0.25) is 0 Å². The fourth-order valence-electron chi connectivity index (χ4n) is 4.10. The number of hydrogen-bond acceptors (Lipinski definition) is 6. The molecule has 9 nitrogen and oxygen atoms in total. The van der Waals surface area contributed by atoms with Crippen LogP contribution in [0.3, 0.4) is 0 Å².